The van der Waals surface area contributed by atoms with Gasteiger partial charge in [0.1, 0.15) is 23.7 Å². The molecule has 0 amide bonds. The highest BCUT2D eigenvalue weighted by Gasteiger charge is 2.31. The average Bonchev–Trinajstić information content (AvgIpc) is 3.18. The summed E-state index contributed by atoms with van der Waals surface area (Å²) in [6.45, 7) is 11.1. The van der Waals surface area contributed by atoms with Crippen LogP contribution in [0.2, 0.25) is 0 Å². The molecule has 2 unspecified atom stereocenters. The Bertz CT molecular complexity index is 2830. The summed E-state index contributed by atoms with van der Waals surface area (Å²) in [6.07, 6.45) is 21.5. The zero-order valence-corrected chi connectivity index (χ0v) is 51.6. The fraction of sp³-hybridized carbons (Fsp3) is 0.480. The fourth-order valence-electron chi connectivity index (χ4n) is 12.0. The Balaban J connectivity index is 0.822. The van der Waals surface area contributed by atoms with Gasteiger partial charge >= 0.3 is 29.8 Å². The first-order valence-electron chi connectivity index (χ1n) is 32.4. The molecule has 0 aromatic heterocycles. The molecule has 0 spiro atoms. The van der Waals surface area contributed by atoms with Crippen molar-refractivity contribution < 1.29 is 57.1 Å². The van der Waals surface area contributed by atoms with Crippen LogP contribution >= 0.6 is 0 Å². The second kappa shape index (κ2) is 37.9. The standard InChI is InChI=1S/C75H94O12/c1-4-7-21-69(86-73(78)48-26-56-22-28-58(29-23-56)60-32-36-62(37-33-60)64-40-44-67(45-41-64)81-51-15-8-10-17-53-83-71(76)5-2)70(50-55-85-75(80)66-19-13-12-14-20-66)87-74(79)49-27-57-24-30-59(31-25-57)61-34-38-63(39-35-61)65-42-46-68(47-43-65)82-52-16-9-11-18-54-84-72(77)6-3/h5-6,12-14,19-20,32-47,56-59,69-70H,2-4,7-11,15-18,21-31,48-55H2,1H3. The van der Waals surface area contributed by atoms with Crippen molar-refractivity contribution in [3.05, 3.63) is 169 Å². The third-order valence-electron chi connectivity index (χ3n) is 17.3. The lowest BCUT2D eigenvalue weighted by Crippen LogP contribution is -2.36. The minimum absolute atomic E-state index is 0.0255. The SMILES string of the molecule is C=CC(=O)OCCCCCCOc1ccc(-c2ccc(C3CCC(CCC(=O)OC(CCCC)C(CCOC(=O)c4ccccc4)OC(=O)CCC4CCC(c5ccc(-c6ccc(OCCCCCCOC(=O)C=C)cc6)cc5)CC4)CC3)cc2)cc1. The third kappa shape index (κ3) is 24.0. The molecule has 466 valence electrons. The van der Waals surface area contributed by atoms with Gasteiger partial charge in [-0.05, 0) is 222 Å². The predicted octanol–water partition coefficient (Wildman–Crippen LogP) is 17.4. The summed E-state index contributed by atoms with van der Waals surface area (Å²) < 4.78 is 40.2. The van der Waals surface area contributed by atoms with Crippen molar-refractivity contribution in [3.63, 3.8) is 0 Å². The minimum atomic E-state index is -0.742. The lowest BCUT2D eigenvalue weighted by Gasteiger charge is -2.30. The van der Waals surface area contributed by atoms with Crippen molar-refractivity contribution in [2.45, 2.75) is 185 Å². The molecule has 5 aromatic rings. The summed E-state index contributed by atoms with van der Waals surface area (Å²) in [5.41, 5.74) is 7.76. The first-order chi connectivity index (χ1) is 42.6. The smallest absolute Gasteiger partial charge is 0.338 e. The molecule has 2 saturated carbocycles. The van der Waals surface area contributed by atoms with Gasteiger partial charge in [-0.1, -0.05) is 117 Å². The molecule has 0 saturated heterocycles. The second-order valence-electron chi connectivity index (χ2n) is 23.6. The van der Waals surface area contributed by atoms with E-state index in [1.54, 1.807) is 24.3 Å². The molecule has 7 rings (SSSR count). The second-order valence-corrected chi connectivity index (χ2v) is 23.6. The van der Waals surface area contributed by atoms with Crippen molar-refractivity contribution in [2.75, 3.05) is 33.0 Å². The monoisotopic (exact) mass is 1190 g/mol. The van der Waals surface area contributed by atoms with E-state index in [4.69, 9.17) is 33.2 Å². The molecular weight excluding hydrogens is 1090 g/mol. The van der Waals surface area contributed by atoms with E-state index in [1.165, 1.54) is 28.8 Å². The van der Waals surface area contributed by atoms with Gasteiger partial charge < -0.3 is 33.2 Å². The molecule has 0 heterocycles. The number of ether oxygens (including phenoxy) is 7. The largest absolute Gasteiger partial charge is 0.494 e. The van der Waals surface area contributed by atoms with E-state index in [1.807, 2.05) is 30.3 Å². The van der Waals surface area contributed by atoms with Crippen LogP contribution in [0.15, 0.2) is 153 Å². The maximum Gasteiger partial charge on any atom is 0.338 e. The Morgan fingerprint density at radius 1 is 0.437 bits per heavy atom. The van der Waals surface area contributed by atoms with Crippen LogP contribution in [0.3, 0.4) is 0 Å². The summed E-state index contributed by atoms with van der Waals surface area (Å²) in [5.74, 6) is 1.71. The van der Waals surface area contributed by atoms with Gasteiger partial charge in [0.05, 0.1) is 38.6 Å². The van der Waals surface area contributed by atoms with Gasteiger partial charge in [0.2, 0.25) is 0 Å². The lowest BCUT2D eigenvalue weighted by molar-refractivity contribution is -0.170. The summed E-state index contributed by atoms with van der Waals surface area (Å²) in [4.78, 5) is 62.8. The highest BCUT2D eigenvalue weighted by Crippen LogP contribution is 2.40. The molecule has 5 aromatic carbocycles. The van der Waals surface area contributed by atoms with E-state index >= 15 is 0 Å². The molecule has 2 atom stereocenters. The zero-order valence-electron chi connectivity index (χ0n) is 51.6. The highest BCUT2D eigenvalue weighted by molar-refractivity contribution is 5.89. The first kappa shape index (κ1) is 67.0. The molecule has 2 aliphatic carbocycles. The average molecular weight is 1190 g/mol. The predicted molar refractivity (Wildman–Crippen MR) is 342 cm³/mol. The highest BCUT2D eigenvalue weighted by atomic mass is 16.6. The number of carbonyl (C=O) groups is 5. The van der Waals surface area contributed by atoms with Gasteiger partial charge in [-0.2, -0.15) is 0 Å². The minimum Gasteiger partial charge on any atom is -0.494 e. The van der Waals surface area contributed by atoms with Crippen LogP contribution < -0.4 is 9.47 Å². The van der Waals surface area contributed by atoms with E-state index in [-0.39, 0.29) is 43.3 Å². The third-order valence-corrected chi connectivity index (χ3v) is 17.3. The maximum absolute atomic E-state index is 13.8. The molecule has 0 N–H and O–H groups in total. The number of benzene rings is 5. The Morgan fingerprint density at radius 3 is 1.23 bits per heavy atom. The first-order valence-corrected chi connectivity index (χ1v) is 32.4. The zero-order chi connectivity index (χ0) is 61.3. The molecule has 2 aliphatic rings. The van der Waals surface area contributed by atoms with Crippen LogP contribution in [-0.2, 0) is 42.9 Å². The number of unbranched alkanes of at least 4 members (excludes halogenated alkanes) is 7. The van der Waals surface area contributed by atoms with Gasteiger partial charge in [0, 0.05) is 31.4 Å². The number of carbonyl (C=O) groups excluding carboxylic acids is 5. The maximum atomic E-state index is 13.8. The Kier molecular flexibility index (Phi) is 29.2. The van der Waals surface area contributed by atoms with E-state index in [0.717, 1.165) is 157 Å². The lowest BCUT2D eigenvalue weighted by atomic mass is 9.77. The fourth-order valence-corrected chi connectivity index (χ4v) is 12.0. The Hall–Kier alpha value is -7.47. The number of hydrogen-bond donors (Lipinski definition) is 0. The Labute approximate surface area is 517 Å². The molecular formula is C75H94O12. The normalized spacial score (nSPS) is 17.2. The molecule has 0 radical (unpaired) electrons. The topological polar surface area (TPSA) is 150 Å². The van der Waals surface area contributed by atoms with Crippen LogP contribution in [0, 0.1) is 11.8 Å². The number of esters is 5. The van der Waals surface area contributed by atoms with Gasteiger partial charge in [-0.15, -0.1) is 0 Å². The van der Waals surface area contributed by atoms with Gasteiger partial charge in [0.25, 0.3) is 0 Å². The molecule has 87 heavy (non-hydrogen) atoms. The van der Waals surface area contributed by atoms with E-state index in [2.05, 4.69) is 92.9 Å². The van der Waals surface area contributed by atoms with Crippen LogP contribution in [0.5, 0.6) is 11.5 Å². The van der Waals surface area contributed by atoms with Crippen molar-refractivity contribution in [2.24, 2.45) is 11.8 Å². The number of hydrogen-bond acceptors (Lipinski definition) is 12. The molecule has 12 nitrogen and oxygen atoms in total. The quantitative estimate of drug-likeness (QED) is 0.0160. The summed E-state index contributed by atoms with van der Waals surface area (Å²) in [5, 5.41) is 0. The van der Waals surface area contributed by atoms with E-state index < -0.39 is 18.2 Å². The molecule has 12 heteroatoms. The molecule has 2 fully saturated rings. The summed E-state index contributed by atoms with van der Waals surface area (Å²) in [6, 6.07) is 43.2. The van der Waals surface area contributed by atoms with Crippen molar-refractivity contribution in [1.29, 1.82) is 0 Å². The van der Waals surface area contributed by atoms with Gasteiger partial charge in [-0.25, -0.2) is 14.4 Å². The van der Waals surface area contributed by atoms with Gasteiger partial charge in [0.15, 0.2) is 0 Å². The van der Waals surface area contributed by atoms with Crippen LogP contribution in [0.1, 0.15) is 194 Å². The van der Waals surface area contributed by atoms with Crippen molar-refractivity contribution in [1.82, 2.24) is 0 Å². The molecule has 0 bridgehead atoms. The van der Waals surface area contributed by atoms with Crippen LogP contribution in [0.4, 0.5) is 0 Å². The van der Waals surface area contributed by atoms with Crippen molar-refractivity contribution in [3.8, 4) is 33.8 Å². The summed E-state index contributed by atoms with van der Waals surface area (Å²) >= 11 is 0. The van der Waals surface area contributed by atoms with Gasteiger partial charge in [-0.3, -0.25) is 9.59 Å². The Morgan fingerprint density at radius 2 is 0.828 bits per heavy atom. The summed E-state index contributed by atoms with van der Waals surface area (Å²) in [7, 11) is 0. The van der Waals surface area contributed by atoms with Crippen molar-refractivity contribution >= 4 is 29.8 Å². The van der Waals surface area contributed by atoms with E-state index in [9.17, 15) is 24.0 Å². The van der Waals surface area contributed by atoms with E-state index in [0.29, 0.717) is 68.5 Å². The van der Waals surface area contributed by atoms with Crippen LogP contribution in [-0.4, -0.2) is 75.1 Å². The molecule has 0 aliphatic heterocycles. The van der Waals surface area contributed by atoms with Crippen LogP contribution in [0.25, 0.3) is 22.3 Å². The number of rotatable bonds is 38.